The third kappa shape index (κ3) is 28.6. The molecule has 0 fully saturated rings. The van der Waals surface area contributed by atoms with Crippen LogP contribution in [0, 0.1) is 106 Å². The van der Waals surface area contributed by atoms with Crippen LogP contribution in [0.25, 0.3) is 0 Å². The molecule has 0 aliphatic rings. The normalized spacial score (nSPS) is 3.71. The van der Waals surface area contributed by atoms with Crippen molar-refractivity contribution in [2.45, 2.75) is 13.8 Å². The van der Waals surface area contributed by atoms with Crippen LogP contribution in [0.3, 0.4) is 0 Å². The zero-order chi connectivity index (χ0) is 3.41. The van der Waals surface area contributed by atoms with Gasteiger partial charge < -0.3 is 7.43 Å². The molecule has 0 aliphatic carbocycles. The van der Waals surface area contributed by atoms with Crippen LogP contribution in [-0.2, 0) is 0 Å². The molecule has 0 aromatic heterocycles. The van der Waals surface area contributed by atoms with Crippen molar-refractivity contribution in [3.05, 3.63) is 20.3 Å². The third-order valence-electron chi connectivity index (χ3n) is 0.333. The first-order valence-corrected chi connectivity index (χ1v) is 1.49. The van der Waals surface area contributed by atoms with E-state index in [0.29, 0.717) is 0 Å². The SMILES string of the molecule is C[CH+][CH-]C.[CH3-].[Tb].[Yb]. The Morgan fingerprint density at radius 3 is 1.57 bits per heavy atom. The van der Waals surface area contributed by atoms with Gasteiger partial charge in [0.15, 0.2) is 0 Å². The second kappa shape index (κ2) is 23.4. The van der Waals surface area contributed by atoms with Gasteiger partial charge in [-0.15, -0.1) is 6.42 Å². The molecule has 0 N–H and O–H groups in total. The average Bonchev–Trinajstić information content (AvgIpc) is 1.37. The Balaban J connectivity index is -0.0000000150. The summed E-state index contributed by atoms with van der Waals surface area (Å²) in [6.45, 7) is 4.00. The van der Waals surface area contributed by atoms with Gasteiger partial charge in [-0.2, -0.15) is 6.92 Å². The molecule has 0 saturated heterocycles. The van der Waals surface area contributed by atoms with Crippen LogP contribution in [-0.4, -0.2) is 0 Å². The van der Waals surface area contributed by atoms with Gasteiger partial charge in [0.25, 0.3) is 0 Å². The van der Waals surface area contributed by atoms with Crippen LogP contribution < -0.4 is 0 Å². The Morgan fingerprint density at radius 2 is 1.57 bits per heavy atom. The molecule has 0 rings (SSSR count). The first-order chi connectivity index (χ1) is 1.91. The zero-order valence-electron chi connectivity index (χ0n) is 4.76. The maximum absolute atomic E-state index is 2.00. The number of hydrogen-bond donors (Lipinski definition) is 0. The van der Waals surface area contributed by atoms with Gasteiger partial charge in [0.05, 0.1) is 0 Å². The number of hydrogen-bond acceptors (Lipinski definition) is 0. The molecule has 0 aliphatic heterocycles. The monoisotopic (exact) mass is 404 g/mol. The van der Waals surface area contributed by atoms with E-state index in [-0.39, 0.29) is 93.0 Å². The average molecular weight is 403 g/mol. The summed E-state index contributed by atoms with van der Waals surface area (Å²) >= 11 is 0. The van der Waals surface area contributed by atoms with Gasteiger partial charge in [-0.05, 0) is 0 Å². The Bertz CT molecular complexity index is 10.0. The van der Waals surface area contributed by atoms with E-state index in [9.17, 15) is 0 Å². The van der Waals surface area contributed by atoms with Gasteiger partial charge in [0, 0.05) is 92.5 Å². The molecule has 0 bridgehead atoms. The summed E-state index contributed by atoms with van der Waals surface area (Å²) < 4.78 is 0. The van der Waals surface area contributed by atoms with Crippen molar-refractivity contribution < 1.29 is 85.5 Å². The van der Waals surface area contributed by atoms with Crippen molar-refractivity contribution in [3.63, 3.8) is 0 Å². The molecule has 55 valence electrons. The zero-order valence-corrected chi connectivity index (χ0v) is 8.61. The van der Waals surface area contributed by atoms with Crippen LogP contribution in [0.4, 0.5) is 0 Å². The molecular formula is C5H11TbYb-. The van der Waals surface area contributed by atoms with Gasteiger partial charge in [-0.1, -0.05) is 6.42 Å². The molecule has 1 radical (unpaired) electrons. The molecule has 0 amide bonds. The van der Waals surface area contributed by atoms with Crippen molar-refractivity contribution in [2.24, 2.45) is 0 Å². The first kappa shape index (κ1) is 22.6. The quantitative estimate of drug-likeness (QED) is 0.587. The van der Waals surface area contributed by atoms with Crippen LogP contribution in [0.2, 0.25) is 0 Å². The fourth-order valence-corrected chi connectivity index (χ4v) is 0. The van der Waals surface area contributed by atoms with E-state index in [0.717, 1.165) is 0 Å². The van der Waals surface area contributed by atoms with E-state index in [1.807, 2.05) is 26.7 Å². The van der Waals surface area contributed by atoms with Crippen LogP contribution in [0.15, 0.2) is 0 Å². The second-order valence-corrected chi connectivity index (χ2v) is 0.667. The van der Waals surface area contributed by atoms with Crippen LogP contribution in [0.1, 0.15) is 13.8 Å². The van der Waals surface area contributed by atoms with E-state index < -0.39 is 0 Å². The summed E-state index contributed by atoms with van der Waals surface area (Å²) in [6.07, 6.45) is 4.00. The number of unbranched alkanes of at least 4 members (excludes halogenated alkanes) is 1. The molecule has 0 spiro atoms. The molecule has 0 heterocycles. The molecule has 0 unspecified atom stereocenters. The van der Waals surface area contributed by atoms with E-state index in [4.69, 9.17) is 0 Å². The maximum atomic E-state index is 2.00. The van der Waals surface area contributed by atoms with E-state index >= 15 is 0 Å². The minimum absolute atomic E-state index is 0. The van der Waals surface area contributed by atoms with E-state index in [1.165, 1.54) is 0 Å². The first-order valence-electron chi connectivity index (χ1n) is 1.49. The second-order valence-electron chi connectivity index (χ2n) is 0.667. The molecular weight excluding hydrogens is 392 g/mol. The molecule has 0 saturated carbocycles. The van der Waals surface area contributed by atoms with Gasteiger partial charge >= 0.3 is 0 Å². The molecule has 0 aromatic rings. The molecule has 0 atom stereocenters. The van der Waals surface area contributed by atoms with Crippen molar-refractivity contribution in [3.8, 4) is 0 Å². The Labute approximate surface area is 117 Å². The van der Waals surface area contributed by atoms with E-state index in [1.54, 1.807) is 0 Å². The Morgan fingerprint density at radius 1 is 1.43 bits per heavy atom. The van der Waals surface area contributed by atoms with Gasteiger partial charge in [0.2, 0.25) is 0 Å². The topological polar surface area (TPSA) is 0 Å². The number of rotatable bonds is 1. The minimum Gasteiger partial charge on any atom is -0.358 e. The summed E-state index contributed by atoms with van der Waals surface area (Å²) in [5.41, 5.74) is 0. The van der Waals surface area contributed by atoms with Crippen molar-refractivity contribution in [1.29, 1.82) is 0 Å². The summed E-state index contributed by atoms with van der Waals surface area (Å²) in [4.78, 5) is 0. The van der Waals surface area contributed by atoms with Crippen molar-refractivity contribution in [1.82, 2.24) is 0 Å². The smallest absolute Gasteiger partial charge is 0.0466 e. The third-order valence-corrected chi connectivity index (χ3v) is 0.333. The summed E-state index contributed by atoms with van der Waals surface area (Å²) in [5, 5.41) is 0. The molecule has 0 nitrogen and oxygen atoms in total. The Kier molecular flexibility index (Phi) is 75.5. The van der Waals surface area contributed by atoms with Crippen LogP contribution >= 0.6 is 0 Å². The molecule has 7 heavy (non-hydrogen) atoms. The Hall–Kier alpha value is 2.68. The van der Waals surface area contributed by atoms with Crippen molar-refractivity contribution >= 4 is 0 Å². The fourth-order valence-electron chi connectivity index (χ4n) is 0. The van der Waals surface area contributed by atoms with Crippen molar-refractivity contribution in [2.75, 3.05) is 0 Å². The summed E-state index contributed by atoms with van der Waals surface area (Å²) in [5.74, 6) is 0. The van der Waals surface area contributed by atoms with Gasteiger partial charge in [-0.3, -0.25) is 0 Å². The maximum Gasteiger partial charge on any atom is 0.0466 e. The largest absolute Gasteiger partial charge is 0.358 e. The molecule has 0 aromatic carbocycles. The van der Waals surface area contributed by atoms with E-state index in [2.05, 4.69) is 0 Å². The fraction of sp³-hybridized carbons (Fsp3) is 0.400. The van der Waals surface area contributed by atoms with Crippen LogP contribution in [0.5, 0.6) is 0 Å². The standard InChI is InChI=1S/C4H8.CH3.Tb.Yb/c1-3-4-2;;;/h3-4H,1-2H3;1H3;;/q;-1;;. The minimum atomic E-state index is 0. The predicted molar refractivity (Wildman–Crippen MR) is 26.4 cm³/mol. The predicted octanol–water partition coefficient (Wildman–Crippen LogP) is 1.89. The van der Waals surface area contributed by atoms with Gasteiger partial charge in [0.1, 0.15) is 0 Å². The summed E-state index contributed by atoms with van der Waals surface area (Å²) in [7, 11) is 0. The van der Waals surface area contributed by atoms with Gasteiger partial charge in [-0.25, -0.2) is 0 Å². The summed E-state index contributed by atoms with van der Waals surface area (Å²) in [6, 6.07) is 0. The molecule has 2 heteroatoms.